The van der Waals surface area contributed by atoms with Crippen LogP contribution in [0.25, 0.3) is 0 Å². The summed E-state index contributed by atoms with van der Waals surface area (Å²) in [4.78, 5) is 2.59. The van der Waals surface area contributed by atoms with Crippen molar-refractivity contribution >= 4 is 0 Å². The van der Waals surface area contributed by atoms with Crippen molar-refractivity contribution in [1.82, 2.24) is 4.90 Å². The van der Waals surface area contributed by atoms with Gasteiger partial charge in [0.15, 0.2) is 0 Å². The molecule has 0 spiro atoms. The molecular formula is C18H26N2O. The van der Waals surface area contributed by atoms with Gasteiger partial charge in [-0.3, -0.25) is 0 Å². The highest BCUT2D eigenvalue weighted by atomic mass is 16.5. The average molecular weight is 286 g/mol. The Kier molecular flexibility index (Phi) is 6.56. The third-order valence-electron chi connectivity index (χ3n) is 4.15. The topological polar surface area (TPSA) is 36.3 Å². The van der Waals surface area contributed by atoms with Gasteiger partial charge in [0.05, 0.1) is 18.2 Å². The molecule has 3 heteroatoms. The highest BCUT2D eigenvalue weighted by Gasteiger charge is 2.19. The van der Waals surface area contributed by atoms with Gasteiger partial charge in [0.2, 0.25) is 0 Å². The summed E-state index contributed by atoms with van der Waals surface area (Å²) < 4.78 is 5.88. The first kappa shape index (κ1) is 15.9. The predicted molar refractivity (Wildman–Crippen MR) is 85.3 cm³/mol. The lowest BCUT2D eigenvalue weighted by molar-refractivity contribution is 0.128. The lowest BCUT2D eigenvalue weighted by atomic mass is 9.98. The zero-order valence-corrected chi connectivity index (χ0v) is 13.1. The molecule has 3 nitrogen and oxygen atoms in total. The van der Waals surface area contributed by atoms with Gasteiger partial charge < -0.3 is 9.64 Å². The number of hydrogen-bond donors (Lipinski definition) is 0. The predicted octanol–water partition coefficient (Wildman–Crippen LogP) is 3.84. The highest BCUT2D eigenvalue weighted by Crippen LogP contribution is 2.19. The van der Waals surface area contributed by atoms with Crippen molar-refractivity contribution in [2.24, 2.45) is 5.92 Å². The number of nitriles is 1. The van der Waals surface area contributed by atoms with E-state index in [4.69, 9.17) is 10.00 Å². The zero-order chi connectivity index (χ0) is 14.9. The molecule has 0 N–H and O–H groups in total. The van der Waals surface area contributed by atoms with E-state index in [1.165, 1.54) is 51.7 Å². The molecule has 1 unspecified atom stereocenters. The molecular weight excluding hydrogens is 260 g/mol. The van der Waals surface area contributed by atoms with Crippen LogP contribution in [-0.4, -0.2) is 31.1 Å². The van der Waals surface area contributed by atoms with E-state index >= 15 is 0 Å². The van der Waals surface area contributed by atoms with E-state index in [9.17, 15) is 0 Å². The Balaban J connectivity index is 1.73. The molecule has 1 heterocycles. The maximum atomic E-state index is 8.78. The van der Waals surface area contributed by atoms with Crippen molar-refractivity contribution in [3.63, 3.8) is 0 Å². The second-order valence-corrected chi connectivity index (χ2v) is 5.96. The van der Waals surface area contributed by atoms with Gasteiger partial charge in [-0.2, -0.15) is 5.26 Å². The molecule has 2 rings (SSSR count). The molecule has 1 aliphatic rings. The Morgan fingerprint density at radius 2 is 2.10 bits per heavy atom. The summed E-state index contributed by atoms with van der Waals surface area (Å²) in [7, 11) is 0. The minimum absolute atomic E-state index is 0.635. The minimum atomic E-state index is 0.635. The number of hydrogen-bond acceptors (Lipinski definition) is 3. The Labute approximate surface area is 128 Å². The monoisotopic (exact) mass is 286 g/mol. The molecule has 0 bridgehead atoms. The maximum Gasteiger partial charge on any atom is 0.119 e. The third-order valence-corrected chi connectivity index (χ3v) is 4.15. The summed E-state index contributed by atoms with van der Waals surface area (Å²) in [5, 5.41) is 8.78. The molecule has 0 amide bonds. The molecule has 114 valence electrons. The van der Waals surface area contributed by atoms with E-state index < -0.39 is 0 Å². The number of ether oxygens (including phenoxy) is 1. The van der Waals surface area contributed by atoms with Crippen LogP contribution in [0.3, 0.4) is 0 Å². The molecule has 0 radical (unpaired) electrons. The maximum absolute atomic E-state index is 8.78. The lowest BCUT2D eigenvalue weighted by Gasteiger charge is -2.32. The molecule has 0 aromatic heterocycles. The summed E-state index contributed by atoms with van der Waals surface area (Å²) in [5.41, 5.74) is 0.683. The van der Waals surface area contributed by atoms with E-state index in [1.54, 1.807) is 0 Å². The van der Waals surface area contributed by atoms with Crippen LogP contribution in [0.15, 0.2) is 24.3 Å². The summed E-state index contributed by atoms with van der Waals surface area (Å²) in [6, 6.07) is 9.53. The SMILES string of the molecule is CCCCCN1CCCC(COc2ccc(C#N)cc2)C1. The summed E-state index contributed by atoms with van der Waals surface area (Å²) in [6.45, 7) is 6.69. The van der Waals surface area contributed by atoms with Crippen molar-refractivity contribution in [2.75, 3.05) is 26.2 Å². The Morgan fingerprint density at radius 3 is 2.81 bits per heavy atom. The van der Waals surface area contributed by atoms with Crippen LogP contribution in [0.2, 0.25) is 0 Å². The second-order valence-electron chi connectivity index (χ2n) is 5.96. The molecule has 1 fully saturated rings. The first-order valence-electron chi connectivity index (χ1n) is 8.17. The zero-order valence-electron chi connectivity index (χ0n) is 13.1. The van der Waals surface area contributed by atoms with Crippen molar-refractivity contribution in [2.45, 2.75) is 39.0 Å². The van der Waals surface area contributed by atoms with E-state index in [2.05, 4.69) is 17.9 Å². The molecule has 1 saturated heterocycles. The largest absolute Gasteiger partial charge is 0.493 e. The van der Waals surface area contributed by atoms with Gasteiger partial charge in [-0.05, 0) is 56.6 Å². The smallest absolute Gasteiger partial charge is 0.119 e. The van der Waals surface area contributed by atoms with E-state index in [0.717, 1.165) is 12.4 Å². The molecule has 21 heavy (non-hydrogen) atoms. The molecule has 0 saturated carbocycles. The van der Waals surface area contributed by atoms with Crippen molar-refractivity contribution in [1.29, 1.82) is 5.26 Å². The standard InChI is InChI=1S/C18H26N2O/c1-2-3-4-11-20-12-5-6-17(14-20)15-21-18-9-7-16(13-19)8-10-18/h7-10,17H,2-6,11-12,14-15H2,1H3. The number of benzene rings is 1. The quantitative estimate of drug-likeness (QED) is 0.715. The number of piperidine rings is 1. The van der Waals surface area contributed by atoms with Crippen molar-refractivity contribution in [3.05, 3.63) is 29.8 Å². The normalized spacial score (nSPS) is 19.1. The summed E-state index contributed by atoms with van der Waals surface area (Å²) >= 11 is 0. The van der Waals surface area contributed by atoms with E-state index in [1.807, 2.05) is 24.3 Å². The fourth-order valence-electron chi connectivity index (χ4n) is 2.92. The summed E-state index contributed by atoms with van der Waals surface area (Å²) in [5.74, 6) is 1.51. The van der Waals surface area contributed by atoms with E-state index in [-0.39, 0.29) is 0 Å². The minimum Gasteiger partial charge on any atom is -0.493 e. The highest BCUT2D eigenvalue weighted by molar-refractivity contribution is 5.34. The van der Waals surface area contributed by atoms with Crippen LogP contribution in [0.4, 0.5) is 0 Å². The Bertz CT molecular complexity index is 449. The number of nitrogens with zero attached hydrogens (tertiary/aromatic N) is 2. The molecule has 1 atom stereocenters. The Hall–Kier alpha value is -1.53. The van der Waals surface area contributed by atoms with Crippen LogP contribution in [-0.2, 0) is 0 Å². The first-order valence-corrected chi connectivity index (χ1v) is 8.17. The van der Waals surface area contributed by atoms with Crippen LogP contribution >= 0.6 is 0 Å². The second kappa shape index (κ2) is 8.69. The lowest BCUT2D eigenvalue weighted by Crippen LogP contribution is -2.38. The number of unbranched alkanes of at least 4 members (excludes halogenated alkanes) is 2. The van der Waals surface area contributed by atoms with Crippen LogP contribution in [0.5, 0.6) is 5.75 Å². The van der Waals surface area contributed by atoms with Gasteiger partial charge in [0, 0.05) is 12.5 Å². The fraction of sp³-hybridized carbons (Fsp3) is 0.611. The first-order chi connectivity index (χ1) is 10.3. The van der Waals surface area contributed by atoms with Crippen molar-refractivity contribution in [3.8, 4) is 11.8 Å². The van der Waals surface area contributed by atoms with Gasteiger partial charge in [-0.25, -0.2) is 0 Å². The van der Waals surface area contributed by atoms with Gasteiger partial charge in [-0.1, -0.05) is 19.8 Å². The molecule has 0 aliphatic carbocycles. The van der Waals surface area contributed by atoms with Gasteiger partial charge in [-0.15, -0.1) is 0 Å². The van der Waals surface area contributed by atoms with Gasteiger partial charge in [0.25, 0.3) is 0 Å². The van der Waals surface area contributed by atoms with Crippen LogP contribution in [0, 0.1) is 17.2 Å². The van der Waals surface area contributed by atoms with Crippen LogP contribution < -0.4 is 4.74 Å². The van der Waals surface area contributed by atoms with E-state index in [0.29, 0.717) is 11.5 Å². The van der Waals surface area contributed by atoms with Crippen LogP contribution in [0.1, 0.15) is 44.6 Å². The Morgan fingerprint density at radius 1 is 1.29 bits per heavy atom. The number of rotatable bonds is 7. The van der Waals surface area contributed by atoms with Gasteiger partial charge in [0.1, 0.15) is 5.75 Å². The third kappa shape index (κ3) is 5.40. The summed E-state index contributed by atoms with van der Waals surface area (Å²) in [6.07, 6.45) is 6.50. The number of likely N-dealkylation sites (tertiary alicyclic amines) is 1. The fourth-order valence-corrected chi connectivity index (χ4v) is 2.92. The molecule has 1 aliphatic heterocycles. The molecule has 1 aromatic rings. The average Bonchev–Trinajstić information content (AvgIpc) is 2.54. The molecule has 1 aromatic carbocycles. The van der Waals surface area contributed by atoms with Crippen molar-refractivity contribution < 1.29 is 4.74 Å². The van der Waals surface area contributed by atoms with Gasteiger partial charge >= 0.3 is 0 Å².